The van der Waals surface area contributed by atoms with Crippen molar-refractivity contribution in [3.8, 4) is 0 Å². The molecule has 6 nitrogen and oxygen atoms in total. The summed E-state index contributed by atoms with van der Waals surface area (Å²) in [5.41, 5.74) is 2.39. The van der Waals surface area contributed by atoms with Crippen LogP contribution >= 0.6 is 0 Å². The molecule has 0 unspecified atom stereocenters. The van der Waals surface area contributed by atoms with Crippen LogP contribution in [0.25, 0.3) is 11.0 Å². The standard InChI is InChI=1S/C21H21N3O3/c25-20(7-4-14-8-10-22-11-9-14)23-17-5-6-18-15(12-17)13-19(27-18)21(26)24-16-2-1-3-16/h5-6,8-13,16H,1-4,7H2,(H,23,25)(H,24,26). The molecular weight excluding hydrogens is 342 g/mol. The van der Waals surface area contributed by atoms with Crippen LogP contribution in [0.1, 0.15) is 41.8 Å². The molecule has 0 bridgehead atoms. The summed E-state index contributed by atoms with van der Waals surface area (Å²) in [6.45, 7) is 0. The second kappa shape index (κ2) is 7.61. The second-order valence-corrected chi connectivity index (χ2v) is 6.87. The number of aryl methyl sites for hydroxylation is 1. The van der Waals surface area contributed by atoms with Crippen molar-refractivity contribution in [1.29, 1.82) is 0 Å². The largest absolute Gasteiger partial charge is 0.451 e. The number of aromatic nitrogens is 1. The van der Waals surface area contributed by atoms with E-state index in [1.807, 2.05) is 18.2 Å². The van der Waals surface area contributed by atoms with Gasteiger partial charge in [-0.1, -0.05) is 0 Å². The van der Waals surface area contributed by atoms with E-state index in [0.29, 0.717) is 29.9 Å². The van der Waals surface area contributed by atoms with Crippen LogP contribution < -0.4 is 10.6 Å². The molecule has 0 atom stereocenters. The molecule has 138 valence electrons. The van der Waals surface area contributed by atoms with Gasteiger partial charge in [0.05, 0.1) is 0 Å². The molecule has 1 aromatic carbocycles. The van der Waals surface area contributed by atoms with Crippen molar-refractivity contribution in [2.45, 2.75) is 38.1 Å². The van der Waals surface area contributed by atoms with Gasteiger partial charge in [-0.25, -0.2) is 0 Å². The lowest BCUT2D eigenvalue weighted by molar-refractivity contribution is -0.116. The van der Waals surface area contributed by atoms with Gasteiger partial charge in [0.25, 0.3) is 5.91 Å². The average Bonchev–Trinajstić information content (AvgIpc) is 3.07. The Labute approximate surface area is 157 Å². The number of furan rings is 1. The SMILES string of the molecule is O=C(CCc1ccncc1)Nc1ccc2oc(C(=O)NC3CCC3)cc2c1. The molecule has 27 heavy (non-hydrogen) atoms. The first-order valence-electron chi connectivity index (χ1n) is 9.20. The smallest absolute Gasteiger partial charge is 0.287 e. The van der Waals surface area contributed by atoms with Crippen molar-refractivity contribution in [2.75, 3.05) is 5.32 Å². The first-order chi connectivity index (χ1) is 13.2. The molecule has 4 rings (SSSR count). The van der Waals surface area contributed by atoms with Crippen LogP contribution in [0.15, 0.2) is 53.2 Å². The summed E-state index contributed by atoms with van der Waals surface area (Å²) < 4.78 is 5.63. The third-order valence-corrected chi connectivity index (χ3v) is 4.85. The number of carbonyl (C=O) groups is 2. The first-order valence-corrected chi connectivity index (χ1v) is 9.20. The summed E-state index contributed by atoms with van der Waals surface area (Å²) >= 11 is 0. The minimum absolute atomic E-state index is 0.0578. The van der Waals surface area contributed by atoms with Gasteiger partial charge in [-0.2, -0.15) is 0 Å². The Hall–Kier alpha value is -3.15. The van der Waals surface area contributed by atoms with Crippen LogP contribution in [0, 0.1) is 0 Å². The number of hydrogen-bond donors (Lipinski definition) is 2. The summed E-state index contributed by atoms with van der Waals surface area (Å²) in [5, 5.41) is 6.65. The predicted molar refractivity (Wildman–Crippen MR) is 103 cm³/mol. The number of anilines is 1. The molecule has 1 fully saturated rings. The summed E-state index contributed by atoms with van der Waals surface area (Å²) in [6, 6.07) is 11.2. The number of benzene rings is 1. The van der Waals surface area contributed by atoms with Crippen LogP contribution in [-0.4, -0.2) is 22.8 Å². The van der Waals surface area contributed by atoms with E-state index in [2.05, 4.69) is 15.6 Å². The second-order valence-electron chi connectivity index (χ2n) is 6.87. The van der Waals surface area contributed by atoms with E-state index in [9.17, 15) is 9.59 Å². The molecule has 2 N–H and O–H groups in total. The molecule has 1 saturated carbocycles. The minimum Gasteiger partial charge on any atom is -0.451 e. The Balaban J connectivity index is 1.38. The number of fused-ring (bicyclic) bond motifs is 1. The summed E-state index contributed by atoms with van der Waals surface area (Å²) in [6.07, 6.45) is 7.71. The Kier molecular flexibility index (Phi) is 4.87. The van der Waals surface area contributed by atoms with Crippen molar-refractivity contribution in [1.82, 2.24) is 10.3 Å². The van der Waals surface area contributed by atoms with E-state index >= 15 is 0 Å². The fourth-order valence-corrected chi connectivity index (χ4v) is 3.07. The number of pyridine rings is 1. The summed E-state index contributed by atoms with van der Waals surface area (Å²) in [5.74, 6) is 0.0644. The van der Waals surface area contributed by atoms with Crippen LogP contribution in [-0.2, 0) is 11.2 Å². The predicted octanol–water partition coefficient (Wildman–Crippen LogP) is 3.68. The number of carbonyl (C=O) groups excluding carboxylic acids is 2. The topological polar surface area (TPSA) is 84.2 Å². The lowest BCUT2D eigenvalue weighted by Gasteiger charge is -2.25. The van der Waals surface area contributed by atoms with Crippen LogP contribution in [0.3, 0.4) is 0 Å². The van der Waals surface area contributed by atoms with E-state index in [-0.39, 0.29) is 17.9 Å². The van der Waals surface area contributed by atoms with Crippen LogP contribution in [0.4, 0.5) is 5.69 Å². The molecule has 2 aromatic heterocycles. The lowest BCUT2D eigenvalue weighted by atomic mass is 9.93. The number of hydrogen-bond acceptors (Lipinski definition) is 4. The molecule has 1 aliphatic carbocycles. The van der Waals surface area contributed by atoms with E-state index in [0.717, 1.165) is 30.2 Å². The van der Waals surface area contributed by atoms with Crippen molar-refractivity contribution >= 4 is 28.5 Å². The van der Waals surface area contributed by atoms with Crippen LogP contribution in [0.2, 0.25) is 0 Å². The molecule has 0 radical (unpaired) electrons. The third-order valence-electron chi connectivity index (χ3n) is 4.85. The Morgan fingerprint density at radius 1 is 1.11 bits per heavy atom. The summed E-state index contributed by atoms with van der Waals surface area (Å²) in [4.78, 5) is 28.4. The van der Waals surface area contributed by atoms with Crippen molar-refractivity contribution in [3.63, 3.8) is 0 Å². The van der Waals surface area contributed by atoms with E-state index in [1.165, 1.54) is 0 Å². The third kappa shape index (κ3) is 4.16. The first kappa shape index (κ1) is 17.3. The maximum Gasteiger partial charge on any atom is 0.287 e. The van der Waals surface area contributed by atoms with Crippen molar-refractivity contribution < 1.29 is 14.0 Å². The normalized spacial score (nSPS) is 13.9. The fraction of sp³-hybridized carbons (Fsp3) is 0.286. The van der Waals surface area contributed by atoms with Crippen LogP contribution in [0.5, 0.6) is 0 Å². The lowest BCUT2D eigenvalue weighted by Crippen LogP contribution is -2.39. The Morgan fingerprint density at radius 3 is 2.67 bits per heavy atom. The molecule has 2 heterocycles. The Morgan fingerprint density at radius 2 is 1.93 bits per heavy atom. The maximum atomic E-state index is 12.2. The molecule has 0 saturated heterocycles. The number of nitrogens with one attached hydrogen (secondary N) is 2. The highest BCUT2D eigenvalue weighted by atomic mass is 16.3. The molecule has 2 amide bonds. The molecular formula is C21H21N3O3. The quantitative estimate of drug-likeness (QED) is 0.700. The highest BCUT2D eigenvalue weighted by molar-refractivity contribution is 5.98. The van der Waals surface area contributed by atoms with Gasteiger partial charge in [0, 0.05) is 35.9 Å². The highest BCUT2D eigenvalue weighted by Crippen LogP contribution is 2.24. The molecule has 0 spiro atoms. The molecule has 3 aromatic rings. The zero-order chi connectivity index (χ0) is 18.6. The van der Waals surface area contributed by atoms with Gasteiger partial charge in [0.2, 0.25) is 5.91 Å². The van der Waals surface area contributed by atoms with Gasteiger partial charge in [-0.05, 0) is 67.6 Å². The zero-order valence-electron chi connectivity index (χ0n) is 14.9. The Bertz CT molecular complexity index is 961. The highest BCUT2D eigenvalue weighted by Gasteiger charge is 2.22. The van der Waals surface area contributed by atoms with Gasteiger partial charge >= 0.3 is 0 Å². The van der Waals surface area contributed by atoms with Crippen molar-refractivity contribution in [3.05, 3.63) is 60.1 Å². The molecule has 6 heteroatoms. The average molecular weight is 363 g/mol. The van der Waals surface area contributed by atoms with E-state index < -0.39 is 0 Å². The monoisotopic (exact) mass is 363 g/mol. The number of rotatable bonds is 6. The fourth-order valence-electron chi connectivity index (χ4n) is 3.07. The van der Waals surface area contributed by atoms with Gasteiger partial charge < -0.3 is 15.1 Å². The van der Waals surface area contributed by atoms with Gasteiger partial charge in [0.1, 0.15) is 5.58 Å². The molecule has 1 aliphatic rings. The maximum absolute atomic E-state index is 12.2. The number of nitrogens with zero attached hydrogens (tertiary/aromatic N) is 1. The zero-order valence-corrected chi connectivity index (χ0v) is 14.9. The van der Waals surface area contributed by atoms with E-state index in [4.69, 9.17) is 4.42 Å². The minimum atomic E-state index is -0.182. The summed E-state index contributed by atoms with van der Waals surface area (Å²) in [7, 11) is 0. The van der Waals surface area contributed by atoms with Gasteiger partial charge in [0.15, 0.2) is 5.76 Å². The molecule has 0 aliphatic heterocycles. The van der Waals surface area contributed by atoms with E-state index in [1.54, 1.807) is 30.6 Å². The van der Waals surface area contributed by atoms with Gasteiger partial charge in [-0.3, -0.25) is 14.6 Å². The van der Waals surface area contributed by atoms with Crippen molar-refractivity contribution in [2.24, 2.45) is 0 Å². The van der Waals surface area contributed by atoms with Gasteiger partial charge in [-0.15, -0.1) is 0 Å². The number of amides is 2.